The summed E-state index contributed by atoms with van der Waals surface area (Å²) in [6.07, 6.45) is 5.26. The Hall–Kier alpha value is -4.25. The van der Waals surface area contributed by atoms with Gasteiger partial charge < -0.3 is 5.32 Å². The molecule has 0 bridgehead atoms. The van der Waals surface area contributed by atoms with Crippen molar-refractivity contribution in [2.45, 2.75) is 6.04 Å². The Balaban J connectivity index is 1.57. The summed E-state index contributed by atoms with van der Waals surface area (Å²) < 4.78 is 14.6. The van der Waals surface area contributed by atoms with Gasteiger partial charge in [-0.05, 0) is 41.0 Å². The Labute approximate surface area is 185 Å². The van der Waals surface area contributed by atoms with Crippen LogP contribution in [0.4, 0.5) is 10.1 Å². The molecule has 5 aromatic rings. The predicted molar refractivity (Wildman–Crippen MR) is 126 cm³/mol. The van der Waals surface area contributed by atoms with Gasteiger partial charge in [-0.15, -0.1) is 0 Å². The first-order valence-electron chi connectivity index (χ1n) is 10.4. The number of anilines is 1. The number of aromatic amines is 1. The van der Waals surface area contributed by atoms with Crippen LogP contribution in [-0.4, -0.2) is 15.2 Å². The maximum atomic E-state index is 14.6. The van der Waals surface area contributed by atoms with Crippen LogP contribution >= 0.6 is 0 Å². The fraction of sp³-hybridized carbons (Fsp3) is 0.0370. The number of aromatic nitrogens is 3. The number of rotatable bonds is 6. The number of hydrogen-bond donors (Lipinski definition) is 2. The highest BCUT2D eigenvalue weighted by molar-refractivity contribution is 5.68. The van der Waals surface area contributed by atoms with Gasteiger partial charge in [-0.3, -0.25) is 10.1 Å². The second-order valence-electron chi connectivity index (χ2n) is 7.49. The van der Waals surface area contributed by atoms with Crippen molar-refractivity contribution >= 4 is 5.69 Å². The summed E-state index contributed by atoms with van der Waals surface area (Å²) in [5.41, 5.74) is 6.18. The Bertz CT molecular complexity index is 1300. The molecule has 0 aliphatic carbocycles. The average Bonchev–Trinajstić information content (AvgIpc) is 3.33. The molecule has 1 unspecified atom stereocenters. The number of benzene rings is 3. The van der Waals surface area contributed by atoms with Crippen LogP contribution < -0.4 is 5.32 Å². The standard InChI is InChI=1S/C27H21FN4/c28-25-11-5-4-10-23(25)27-24(18-30-32-27)26(31-22-9-6-16-29-17-22)21-14-12-20(13-15-21)19-7-2-1-3-8-19/h1-18,26,31H,(H,30,32). The van der Waals surface area contributed by atoms with Gasteiger partial charge in [-0.2, -0.15) is 5.10 Å². The number of H-pyrrole nitrogens is 1. The monoisotopic (exact) mass is 420 g/mol. The number of nitrogens with zero attached hydrogens (tertiary/aromatic N) is 2. The van der Waals surface area contributed by atoms with E-state index in [-0.39, 0.29) is 11.9 Å². The molecule has 0 amide bonds. The lowest BCUT2D eigenvalue weighted by Gasteiger charge is -2.21. The zero-order chi connectivity index (χ0) is 21.8. The molecule has 0 fully saturated rings. The number of hydrogen-bond acceptors (Lipinski definition) is 3. The molecule has 32 heavy (non-hydrogen) atoms. The third-order valence-corrected chi connectivity index (χ3v) is 5.45. The van der Waals surface area contributed by atoms with Crippen molar-refractivity contribution in [3.63, 3.8) is 0 Å². The molecule has 0 saturated carbocycles. The summed E-state index contributed by atoms with van der Waals surface area (Å²) in [4.78, 5) is 4.22. The summed E-state index contributed by atoms with van der Waals surface area (Å²) in [6, 6.07) is 28.9. The molecule has 2 N–H and O–H groups in total. The Kier molecular flexibility index (Phi) is 5.45. The van der Waals surface area contributed by atoms with Crippen molar-refractivity contribution in [1.29, 1.82) is 0 Å². The van der Waals surface area contributed by atoms with Crippen molar-refractivity contribution in [1.82, 2.24) is 15.2 Å². The second kappa shape index (κ2) is 8.86. The lowest BCUT2D eigenvalue weighted by molar-refractivity contribution is 0.630. The predicted octanol–water partition coefficient (Wildman–Crippen LogP) is 6.48. The number of pyridine rings is 1. The van der Waals surface area contributed by atoms with Crippen LogP contribution in [0.1, 0.15) is 17.2 Å². The van der Waals surface area contributed by atoms with Crippen molar-refractivity contribution in [2.75, 3.05) is 5.32 Å². The van der Waals surface area contributed by atoms with Gasteiger partial charge in [-0.25, -0.2) is 4.39 Å². The van der Waals surface area contributed by atoms with E-state index >= 15 is 0 Å². The molecule has 5 heteroatoms. The van der Waals surface area contributed by atoms with Crippen LogP contribution in [0.15, 0.2) is 110 Å². The van der Waals surface area contributed by atoms with Gasteiger partial charge in [0, 0.05) is 23.5 Å². The van der Waals surface area contributed by atoms with Crippen LogP contribution in [0.3, 0.4) is 0 Å². The maximum Gasteiger partial charge on any atom is 0.132 e. The van der Waals surface area contributed by atoms with E-state index in [0.29, 0.717) is 11.3 Å². The first-order chi connectivity index (χ1) is 15.8. The molecule has 0 aliphatic rings. The van der Waals surface area contributed by atoms with Gasteiger partial charge in [-0.1, -0.05) is 66.7 Å². The molecule has 0 spiro atoms. The second-order valence-corrected chi connectivity index (χ2v) is 7.49. The molecule has 4 nitrogen and oxygen atoms in total. The fourth-order valence-corrected chi connectivity index (χ4v) is 3.85. The molecule has 5 rings (SSSR count). The van der Waals surface area contributed by atoms with E-state index in [1.807, 2.05) is 36.4 Å². The number of halogens is 1. The fourth-order valence-electron chi connectivity index (χ4n) is 3.85. The Morgan fingerprint density at radius 2 is 1.50 bits per heavy atom. The molecule has 1 atom stereocenters. The highest BCUT2D eigenvalue weighted by Gasteiger charge is 2.22. The minimum atomic E-state index is -0.294. The van der Waals surface area contributed by atoms with Crippen LogP contribution in [0, 0.1) is 5.82 Å². The van der Waals surface area contributed by atoms with E-state index < -0.39 is 0 Å². The zero-order valence-corrected chi connectivity index (χ0v) is 17.2. The molecular weight excluding hydrogens is 399 g/mol. The minimum Gasteiger partial charge on any atom is -0.373 e. The van der Waals surface area contributed by atoms with Gasteiger partial charge >= 0.3 is 0 Å². The maximum absolute atomic E-state index is 14.6. The third-order valence-electron chi connectivity index (χ3n) is 5.45. The van der Waals surface area contributed by atoms with E-state index in [4.69, 9.17) is 0 Å². The van der Waals surface area contributed by atoms with Crippen molar-refractivity contribution in [2.24, 2.45) is 0 Å². The first-order valence-corrected chi connectivity index (χ1v) is 10.4. The van der Waals surface area contributed by atoms with Crippen molar-refractivity contribution in [3.8, 4) is 22.4 Å². The summed E-state index contributed by atoms with van der Waals surface area (Å²) in [5.74, 6) is -0.294. The number of nitrogens with one attached hydrogen (secondary N) is 2. The van der Waals surface area contributed by atoms with Crippen molar-refractivity contribution in [3.05, 3.63) is 127 Å². The summed E-state index contributed by atoms with van der Waals surface area (Å²) >= 11 is 0. The van der Waals surface area contributed by atoms with E-state index in [1.165, 1.54) is 6.07 Å². The van der Waals surface area contributed by atoms with Crippen LogP contribution in [-0.2, 0) is 0 Å². The van der Waals surface area contributed by atoms with Gasteiger partial charge in [0.05, 0.1) is 23.6 Å². The normalized spacial score (nSPS) is 11.8. The van der Waals surface area contributed by atoms with Crippen LogP contribution in [0.2, 0.25) is 0 Å². The average molecular weight is 420 g/mol. The molecule has 2 aromatic heterocycles. The SMILES string of the molecule is Fc1ccccc1-c1[nH]ncc1C(Nc1cccnc1)c1ccc(-c2ccccc2)cc1. The summed E-state index contributed by atoms with van der Waals surface area (Å²) in [5, 5.41) is 10.8. The Morgan fingerprint density at radius 1 is 0.750 bits per heavy atom. The zero-order valence-electron chi connectivity index (χ0n) is 17.2. The topological polar surface area (TPSA) is 53.6 Å². The van der Waals surface area contributed by atoms with Gasteiger partial charge in [0.25, 0.3) is 0 Å². The lowest BCUT2D eigenvalue weighted by Crippen LogP contribution is -2.13. The van der Waals surface area contributed by atoms with Crippen LogP contribution in [0.5, 0.6) is 0 Å². The molecule has 0 radical (unpaired) electrons. The Morgan fingerprint density at radius 3 is 2.25 bits per heavy atom. The molecule has 3 aromatic carbocycles. The third kappa shape index (κ3) is 4.01. The highest BCUT2D eigenvalue weighted by atomic mass is 19.1. The molecule has 2 heterocycles. The van der Waals surface area contributed by atoms with E-state index in [9.17, 15) is 4.39 Å². The first kappa shape index (κ1) is 19.7. The minimum absolute atomic E-state index is 0.252. The van der Waals surface area contributed by atoms with Gasteiger partial charge in [0.1, 0.15) is 5.82 Å². The highest BCUT2D eigenvalue weighted by Crippen LogP contribution is 2.34. The lowest BCUT2D eigenvalue weighted by atomic mass is 9.94. The molecule has 156 valence electrons. The molecular formula is C27H21FN4. The van der Waals surface area contributed by atoms with E-state index in [0.717, 1.165) is 27.9 Å². The summed E-state index contributed by atoms with van der Waals surface area (Å²) in [6.45, 7) is 0. The van der Waals surface area contributed by atoms with Gasteiger partial charge in [0.15, 0.2) is 0 Å². The smallest absolute Gasteiger partial charge is 0.132 e. The molecule has 0 saturated heterocycles. The molecule has 0 aliphatic heterocycles. The quantitative estimate of drug-likeness (QED) is 0.331. The van der Waals surface area contributed by atoms with Crippen LogP contribution in [0.25, 0.3) is 22.4 Å². The van der Waals surface area contributed by atoms with Crippen molar-refractivity contribution < 1.29 is 4.39 Å². The summed E-state index contributed by atoms with van der Waals surface area (Å²) in [7, 11) is 0. The van der Waals surface area contributed by atoms with Gasteiger partial charge in [0.2, 0.25) is 0 Å². The largest absolute Gasteiger partial charge is 0.373 e. The van der Waals surface area contributed by atoms with E-state index in [1.54, 1.807) is 30.7 Å². The van der Waals surface area contributed by atoms with E-state index in [2.05, 4.69) is 56.9 Å².